The lowest BCUT2D eigenvalue weighted by atomic mass is 9.83. The number of hydrogen-bond acceptors (Lipinski definition) is 2. The third-order valence-electron chi connectivity index (χ3n) is 4.65. The van der Waals surface area contributed by atoms with Crippen molar-refractivity contribution in [2.45, 2.75) is 76.8 Å². The van der Waals surface area contributed by atoms with Crippen molar-refractivity contribution in [3.8, 4) is 0 Å². The Balaban J connectivity index is 1.75. The molecular formula is C15H28N2O. The Bertz CT molecular complexity index is 270. The van der Waals surface area contributed by atoms with Crippen LogP contribution >= 0.6 is 0 Å². The van der Waals surface area contributed by atoms with Gasteiger partial charge in [-0.15, -0.1) is 0 Å². The van der Waals surface area contributed by atoms with Gasteiger partial charge in [-0.3, -0.25) is 4.79 Å². The van der Waals surface area contributed by atoms with E-state index in [0.717, 1.165) is 6.42 Å². The highest BCUT2D eigenvalue weighted by Crippen LogP contribution is 2.33. The van der Waals surface area contributed by atoms with Crippen LogP contribution in [0.5, 0.6) is 0 Å². The monoisotopic (exact) mass is 252 g/mol. The fourth-order valence-corrected chi connectivity index (χ4v) is 3.26. The lowest BCUT2D eigenvalue weighted by molar-refractivity contribution is -0.122. The fourth-order valence-electron chi connectivity index (χ4n) is 3.26. The van der Waals surface area contributed by atoms with E-state index in [0.29, 0.717) is 24.3 Å². The molecule has 0 bridgehead atoms. The smallest absolute Gasteiger partial charge is 0.221 e. The lowest BCUT2D eigenvalue weighted by Gasteiger charge is -2.30. The van der Waals surface area contributed by atoms with Crippen LogP contribution in [0.1, 0.15) is 64.7 Å². The molecule has 2 saturated carbocycles. The van der Waals surface area contributed by atoms with Gasteiger partial charge in [-0.05, 0) is 43.9 Å². The van der Waals surface area contributed by atoms with Crippen molar-refractivity contribution in [1.29, 1.82) is 0 Å². The van der Waals surface area contributed by atoms with Gasteiger partial charge in [0.15, 0.2) is 0 Å². The van der Waals surface area contributed by atoms with Crippen LogP contribution in [0.3, 0.4) is 0 Å². The predicted octanol–water partition coefficient (Wildman–Crippen LogP) is 2.59. The molecule has 2 aliphatic carbocycles. The molecule has 0 spiro atoms. The summed E-state index contributed by atoms with van der Waals surface area (Å²) in [5.41, 5.74) is 6.01. The van der Waals surface area contributed by atoms with E-state index < -0.39 is 0 Å². The zero-order valence-corrected chi connectivity index (χ0v) is 11.7. The average molecular weight is 252 g/mol. The number of nitrogens with one attached hydrogen (secondary N) is 1. The van der Waals surface area contributed by atoms with Crippen LogP contribution in [-0.4, -0.2) is 18.0 Å². The second kappa shape index (κ2) is 6.55. The molecule has 1 amide bonds. The van der Waals surface area contributed by atoms with Gasteiger partial charge in [0.05, 0.1) is 0 Å². The van der Waals surface area contributed by atoms with Crippen LogP contribution in [0.4, 0.5) is 0 Å². The zero-order valence-electron chi connectivity index (χ0n) is 11.7. The summed E-state index contributed by atoms with van der Waals surface area (Å²) in [5.74, 6) is 1.49. The maximum atomic E-state index is 12.0. The molecule has 3 nitrogen and oxygen atoms in total. The van der Waals surface area contributed by atoms with Crippen LogP contribution < -0.4 is 11.1 Å². The van der Waals surface area contributed by atoms with Crippen molar-refractivity contribution >= 4 is 5.91 Å². The van der Waals surface area contributed by atoms with Gasteiger partial charge >= 0.3 is 0 Å². The standard InChI is InChI=1S/C15H28N2O/c1-2-14(12-6-4-3-5-7-12)17-15(18)10-13(16)11-8-9-11/h11-14H,2-10,16H2,1H3,(H,17,18). The third-order valence-corrected chi connectivity index (χ3v) is 4.65. The van der Waals surface area contributed by atoms with E-state index in [4.69, 9.17) is 5.73 Å². The molecule has 3 N–H and O–H groups in total. The Morgan fingerprint density at radius 1 is 1.17 bits per heavy atom. The Labute approximate surface area is 111 Å². The highest BCUT2D eigenvalue weighted by Gasteiger charge is 2.31. The summed E-state index contributed by atoms with van der Waals surface area (Å²) >= 11 is 0. The number of amides is 1. The molecule has 104 valence electrons. The summed E-state index contributed by atoms with van der Waals surface area (Å²) in [5, 5.41) is 3.23. The van der Waals surface area contributed by atoms with Gasteiger partial charge in [0.1, 0.15) is 0 Å². The molecule has 0 aromatic carbocycles. The van der Waals surface area contributed by atoms with Crippen molar-refractivity contribution in [3.05, 3.63) is 0 Å². The van der Waals surface area contributed by atoms with Gasteiger partial charge in [-0.25, -0.2) is 0 Å². The van der Waals surface area contributed by atoms with Crippen molar-refractivity contribution < 1.29 is 4.79 Å². The number of nitrogens with two attached hydrogens (primary N) is 1. The molecule has 0 aromatic rings. The van der Waals surface area contributed by atoms with Crippen LogP contribution in [-0.2, 0) is 4.79 Å². The fraction of sp³-hybridized carbons (Fsp3) is 0.933. The van der Waals surface area contributed by atoms with Gasteiger partial charge in [0, 0.05) is 18.5 Å². The summed E-state index contributed by atoms with van der Waals surface area (Å²) in [6.45, 7) is 2.18. The Kier molecular flexibility index (Phi) is 5.04. The quantitative estimate of drug-likeness (QED) is 0.763. The molecule has 2 atom stereocenters. The van der Waals surface area contributed by atoms with Gasteiger partial charge < -0.3 is 11.1 Å². The summed E-state index contributed by atoms with van der Waals surface area (Å²) < 4.78 is 0. The minimum Gasteiger partial charge on any atom is -0.353 e. The van der Waals surface area contributed by atoms with E-state index in [9.17, 15) is 4.79 Å². The second-order valence-corrected chi connectivity index (χ2v) is 6.19. The summed E-state index contributed by atoms with van der Waals surface area (Å²) in [6, 6.07) is 0.470. The average Bonchev–Trinajstić information content (AvgIpc) is 3.21. The molecule has 3 heteroatoms. The van der Waals surface area contributed by atoms with Crippen LogP contribution in [0.15, 0.2) is 0 Å². The summed E-state index contributed by atoms with van der Waals surface area (Å²) in [6.07, 6.45) is 10.6. The largest absolute Gasteiger partial charge is 0.353 e. The first-order valence-electron chi connectivity index (χ1n) is 7.75. The van der Waals surface area contributed by atoms with E-state index >= 15 is 0 Å². The first-order valence-corrected chi connectivity index (χ1v) is 7.75. The molecule has 0 heterocycles. The van der Waals surface area contributed by atoms with E-state index in [1.54, 1.807) is 0 Å². The minimum absolute atomic E-state index is 0.0915. The first kappa shape index (κ1) is 13.9. The summed E-state index contributed by atoms with van der Waals surface area (Å²) in [4.78, 5) is 12.0. The highest BCUT2D eigenvalue weighted by molar-refractivity contribution is 5.77. The third kappa shape index (κ3) is 3.98. The molecular weight excluding hydrogens is 224 g/mol. The normalized spacial score (nSPS) is 24.6. The molecule has 0 aromatic heterocycles. The maximum absolute atomic E-state index is 12.0. The Hall–Kier alpha value is -0.570. The van der Waals surface area contributed by atoms with Gasteiger partial charge in [-0.2, -0.15) is 0 Å². The second-order valence-electron chi connectivity index (χ2n) is 6.19. The number of carbonyl (C=O) groups excluding carboxylic acids is 1. The molecule has 2 fully saturated rings. The number of hydrogen-bond donors (Lipinski definition) is 2. The van der Waals surface area contributed by atoms with Crippen molar-refractivity contribution in [1.82, 2.24) is 5.32 Å². The molecule has 0 radical (unpaired) electrons. The topological polar surface area (TPSA) is 55.1 Å². The Morgan fingerprint density at radius 2 is 1.83 bits per heavy atom. The van der Waals surface area contributed by atoms with Gasteiger partial charge in [-0.1, -0.05) is 26.2 Å². The van der Waals surface area contributed by atoms with Crippen LogP contribution in [0, 0.1) is 11.8 Å². The Morgan fingerprint density at radius 3 is 2.39 bits per heavy atom. The maximum Gasteiger partial charge on any atom is 0.221 e. The predicted molar refractivity (Wildman–Crippen MR) is 74.1 cm³/mol. The van der Waals surface area contributed by atoms with Crippen molar-refractivity contribution in [2.75, 3.05) is 0 Å². The van der Waals surface area contributed by atoms with E-state index in [-0.39, 0.29) is 11.9 Å². The van der Waals surface area contributed by atoms with Gasteiger partial charge in [0.25, 0.3) is 0 Å². The van der Waals surface area contributed by atoms with Crippen molar-refractivity contribution in [2.24, 2.45) is 17.6 Å². The van der Waals surface area contributed by atoms with E-state index in [1.807, 2.05) is 0 Å². The van der Waals surface area contributed by atoms with Gasteiger partial charge in [0.2, 0.25) is 5.91 Å². The number of carbonyl (C=O) groups is 1. The molecule has 2 aliphatic rings. The lowest BCUT2D eigenvalue weighted by Crippen LogP contribution is -2.43. The van der Waals surface area contributed by atoms with E-state index in [2.05, 4.69) is 12.2 Å². The van der Waals surface area contributed by atoms with E-state index in [1.165, 1.54) is 44.9 Å². The SMILES string of the molecule is CCC(NC(=O)CC(N)C1CC1)C1CCCCC1. The first-order chi connectivity index (χ1) is 8.70. The highest BCUT2D eigenvalue weighted by atomic mass is 16.1. The molecule has 0 aliphatic heterocycles. The molecule has 2 unspecified atom stereocenters. The number of rotatable bonds is 6. The van der Waals surface area contributed by atoms with Crippen LogP contribution in [0.25, 0.3) is 0 Å². The molecule has 18 heavy (non-hydrogen) atoms. The summed E-state index contributed by atoms with van der Waals surface area (Å²) in [7, 11) is 0. The van der Waals surface area contributed by atoms with Crippen molar-refractivity contribution in [3.63, 3.8) is 0 Å². The minimum atomic E-state index is 0.0915. The zero-order chi connectivity index (χ0) is 13.0. The molecule has 0 saturated heterocycles. The van der Waals surface area contributed by atoms with Crippen LogP contribution in [0.2, 0.25) is 0 Å². The molecule has 2 rings (SSSR count).